The number of halogens is 1. The molecule has 1 unspecified atom stereocenters. The lowest BCUT2D eigenvalue weighted by Gasteiger charge is -2.29. The number of benzene rings is 2. The summed E-state index contributed by atoms with van der Waals surface area (Å²) in [5.74, 6) is 0.356. The number of ether oxygens (including phenoxy) is 3. The molecule has 0 spiro atoms. The summed E-state index contributed by atoms with van der Waals surface area (Å²) >= 11 is 3.44. The van der Waals surface area contributed by atoms with Crippen molar-refractivity contribution in [3.8, 4) is 5.75 Å². The van der Waals surface area contributed by atoms with Gasteiger partial charge in [-0.3, -0.25) is 14.4 Å². The fraction of sp³-hybridized carbons (Fsp3) is 0.610. The van der Waals surface area contributed by atoms with Crippen molar-refractivity contribution in [2.45, 2.75) is 116 Å². The fourth-order valence-electron chi connectivity index (χ4n) is 7.11. The van der Waals surface area contributed by atoms with Crippen molar-refractivity contribution in [3.63, 3.8) is 0 Å². The van der Waals surface area contributed by atoms with E-state index in [1.54, 1.807) is 24.3 Å². The monoisotopic (exact) mass is 783 g/mol. The third kappa shape index (κ3) is 14.2. The van der Waals surface area contributed by atoms with E-state index in [0.29, 0.717) is 31.4 Å². The van der Waals surface area contributed by atoms with Crippen molar-refractivity contribution < 1.29 is 33.4 Å². The normalized spacial score (nSPS) is 20.7. The van der Waals surface area contributed by atoms with Gasteiger partial charge in [0.25, 0.3) is 0 Å². The highest BCUT2D eigenvalue weighted by atomic mass is 79.9. The van der Waals surface area contributed by atoms with Crippen molar-refractivity contribution in [2.24, 2.45) is 29.4 Å². The van der Waals surface area contributed by atoms with Gasteiger partial charge < -0.3 is 30.6 Å². The molecule has 0 radical (unpaired) electrons. The predicted octanol–water partition coefficient (Wildman–Crippen LogP) is 7.78. The summed E-state index contributed by atoms with van der Waals surface area (Å²) in [4.78, 5) is 52.0. The predicted molar refractivity (Wildman–Crippen MR) is 204 cm³/mol. The molecule has 0 aliphatic heterocycles. The molecular formula is C41H58BrN3O7. The quantitative estimate of drug-likeness (QED) is 0.0744. The molecule has 286 valence electrons. The molecule has 52 heavy (non-hydrogen) atoms. The van der Waals surface area contributed by atoms with Gasteiger partial charge in [0.05, 0.1) is 12.5 Å². The van der Waals surface area contributed by atoms with Crippen molar-refractivity contribution in [1.29, 1.82) is 0 Å². The molecule has 0 heterocycles. The van der Waals surface area contributed by atoms with Gasteiger partial charge in [0.15, 0.2) is 0 Å². The Morgan fingerprint density at radius 1 is 0.808 bits per heavy atom. The third-order valence-electron chi connectivity index (χ3n) is 10.5. The second kappa shape index (κ2) is 22.6. The van der Waals surface area contributed by atoms with E-state index < -0.39 is 12.2 Å². The van der Waals surface area contributed by atoms with E-state index in [1.807, 2.05) is 24.3 Å². The average molecular weight is 785 g/mol. The third-order valence-corrected chi connectivity index (χ3v) is 11.3. The van der Waals surface area contributed by atoms with Gasteiger partial charge in [-0.1, -0.05) is 85.3 Å². The van der Waals surface area contributed by atoms with Gasteiger partial charge in [-0.2, -0.15) is 0 Å². The minimum atomic E-state index is -0.823. The Bertz CT molecular complexity index is 1410. The molecule has 0 aromatic heterocycles. The molecule has 0 bridgehead atoms. The molecular weight excluding hydrogens is 726 g/mol. The van der Waals surface area contributed by atoms with Crippen molar-refractivity contribution in [1.82, 2.24) is 10.6 Å². The first-order valence-electron chi connectivity index (χ1n) is 19.4. The van der Waals surface area contributed by atoms with Gasteiger partial charge >= 0.3 is 12.1 Å². The van der Waals surface area contributed by atoms with Gasteiger partial charge in [-0.05, 0) is 99.9 Å². The molecule has 2 aliphatic rings. The Kier molecular flexibility index (Phi) is 17.9. The van der Waals surface area contributed by atoms with E-state index in [4.69, 9.17) is 19.9 Å². The molecule has 2 aromatic rings. The lowest BCUT2D eigenvalue weighted by Crippen LogP contribution is -2.51. The van der Waals surface area contributed by atoms with Crippen molar-refractivity contribution in [2.75, 3.05) is 19.7 Å². The zero-order valence-electron chi connectivity index (χ0n) is 30.8. The van der Waals surface area contributed by atoms with Crippen LogP contribution in [-0.4, -0.2) is 49.7 Å². The summed E-state index contributed by atoms with van der Waals surface area (Å²) in [5, 5.41) is 6.14. The first kappa shape index (κ1) is 41.3. The van der Waals surface area contributed by atoms with E-state index in [1.165, 1.54) is 25.7 Å². The van der Waals surface area contributed by atoms with Crippen molar-refractivity contribution >= 4 is 39.9 Å². The molecule has 11 heteroatoms. The number of carbonyl (C=O) groups is 4. The molecule has 4 rings (SSSR count). The molecule has 2 fully saturated rings. The van der Waals surface area contributed by atoms with Gasteiger partial charge in [0, 0.05) is 28.9 Å². The van der Waals surface area contributed by atoms with Crippen LogP contribution < -0.4 is 21.1 Å². The number of nitrogens with two attached hydrogens (primary N) is 1. The Morgan fingerprint density at radius 3 is 2.15 bits per heavy atom. The van der Waals surface area contributed by atoms with E-state index >= 15 is 0 Å². The van der Waals surface area contributed by atoms with Crippen LogP contribution in [0.15, 0.2) is 53.0 Å². The summed E-state index contributed by atoms with van der Waals surface area (Å²) in [6.07, 6.45) is 12.9. The Hall–Kier alpha value is -3.44. The van der Waals surface area contributed by atoms with Crippen LogP contribution in [0.3, 0.4) is 0 Å². The van der Waals surface area contributed by atoms with Gasteiger partial charge in [0.1, 0.15) is 18.4 Å². The van der Waals surface area contributed by atoms with Crippen LogP contribution in [0.1, 0.15) is 108 Å². The minimum Gasteiger partial charge on any atom is -0.465 e. The zero-order chi connectivity index (χ0) is 37.1. The number of nitrogens with one attached hydrogen (secondary N) is 2. The van der Waals surface area contributed by atoms with E-state index in [-0.39, 0.29) is 48.6 Å². The Morgan fingerprint density at radius 2 is 1.46 bits per heavy atom. The number of rotatable bonds is 19. The van der Waals surface area contributed by atoms with Gasteiger partial charge in [0.2, 0.25) is 11.8 Å². The molecule has 10 nitrogen and oxygen atoms in total. The number of carbonyl (C=O) groups excluding carboxylic acids is 4. The molecule has 4 N–H and O–H groups in total. The summed E-state index contributed by atoms with van der Waals surface area (Å²) in [6.45, 7) is 3.88. The standard InChI is InChI=1S/C41H58BrN3O7/c1-2-3-4-5-6-9-24-50-40(48)33-20-14-31(15-21-33)27-44-39(47)37(45-38(46)32-18-12-30(26-43)13-19-32)25-29-16-22-35(23-17-29)52-41(49)51-28-34-10-7-8-11-36(34)42/h7-8,10-11,16-17,22-23,30-33,37H,2-6,9,12-15,18-21,24-28,43H2,1H3,(H,44,47)(H,45,46). The molecule has 2 aliphatic carbocycles. The van der Waals surface area contributed by atoms with Crippen LogP contribution in [0.4, 0.5) is 4.79 Å². The topological polar surface area (TPSA) is 146 Å². The van der Waals surface area contributed by atoms with Crippen molar-refractivity contribution in [3.05, 3.63) is 64.1 Å². The summed E-state index contributed by atoms with van der Waals surface area (Å²) < 4.78 is 17.0. The molecule has 2 amide bonds. The summed E-state index contributed by atoms with van der Waals surface area (Å²) in [6, 6.07) is 13.5. The highest BCUT2D eigenvalue weighted by molar-refractivity contribution is 9.10. The van der Waals surface area contributed by atoms with Gasteiger partial charge in [-0.15, -0.1) is 0 Å². The number of amides is 2. The average Bonchev–Trinajstić information content (AvgIpc) is 3.16. The minimum absolute atomic E-state index is 0.0655. The number of hydrogen-bond donors (Lipinski definition) is 3. The smallest absolute Gasteiger partial charge is 0.465 e. The van der Waals surface area contributed by atoms with Crippen LogP contribution in [0.2, 0.25) is 0 Å². The summed E-state index contributed by atoms with van der Waals surface area (Å²) in [7, 11) is 0. The maximum Gasteiger partial charge on any atom is 0.514 e. The van der Waals surface area contributed by atoms with E-state index in [2.05, 4.69) is 33.5 Å². The highest BCUT2D eigenvalue weighted by Crippen LogP contribution is 2.30. The maximum absolute atomic E-state index is 13.6. The number of hydrogen-bond acceptors (Lipinski definition) is 8. The first-order valence-corrected chi connectivity index (χ1v) is 20.2. The largest absolute Gasteiger partial charge is 0.514 e. The van der Waals surface area contributed by atoms with Gasteiger partial charge in [-0.25, -0.2) is 4.79 Å². The first-order chi connectivity index (χ1) is 25.2. The van der Waals surface area contributed by atoms with Crippen LogP contribution >= 0.6 is 15.9 Å². The Labute approximate surface area is 317 Å². The summed E-state index contributed by atoms with van der Waals surface area (Å²) in [5.41, 5.74) is 7.49. The maximum atomic E-state index is 13.6. The van der Waals surface area contributed by atoms with Crippen LogP contribution in [0.5, 0.6) is 5.75 Å². The van der Waals surface area contributed by atoms with Crippen LogP contribution in [-0.2, 0) is 36.9 Å². The second-order valence-electron chi connectivity index (χ2n) is 14.5. The SMILES string of the molecule is CCCCCCCCOC(=O)C1CCC(CNC(=O)C(Cc2ccc(OC(=O)OCc3ccccc3Br)cc2)NC(=O)C2CCC(CN)CC2)CC1. The zero-order valence-corrected chi connectivity index (χ0v) is 32.3. The van der Waals surface area contributed by atoms with Crippen LogP contribution in [0, 0.1) is 23.7 Å². The Balaban J connectivity index is 1.26. The van der Waals surface area contributed by atoms with E-state index in [0.717, 1.165) is 79.8 Å². The number of unbranched alkanes of at least 4 members (excludes halogenated alkanes) is 5. The molecule has 2 saturated carbocycles. The fourth-order valence-corrected chi connectivity index (χ4v) is 7.51. The highest BCUT2D eigenvalue weighted by Gasteiger charge is 2.31. The molecule has 1 atom stereocenters. The second-order valence-corrected chi connectivity index (χ2v) is 15.3. The molecule has 2 aromatic carbocycles. The lowest BCUT2D eigenvalue weighted by atomic mass is 9.81. The molecule has 0 saturated heterocycles. The number of esters is 1. The lowest BCUT2D eigenvalue weighted by molar-refractivity contribution is -0.150. The van der Waals surface area contributed by atoms with E-state index in [9.17, 15) is 19.2 Å². The van der Waals surface area contributed by atoms with Crippen LogP contribution in [0.25, 0.3) is 0 Å².